The minimum absolute atomic E-state index is 0.117. The molecule has 0 saturated heterocycles. The van der Waals surface area contributed by atoms with E-state index in [4.69, 9.17) is 0 Å². The van der Waals surface area contributed by atoms with E-state index >= 15 is 0 Å². The van der Waals surface area contributed by atoms with E-state index < -0.39 is 5.97 Å². The number of nitrogens with zero attached hydrogens (tertiary/aromatic N) is 1. The summed E-state index contributed by atoms with van der Waals surface area (Å²) in [6.45, 7) is 2.51. The minimum atomic E-state index is -0.915. The molecule has 0 saturated carbocycles. The maximum absolute atomic E-state index is 13.8. The van der Waals surface area contributed by atoms with Crippen LogP contribution in [0, 0.1) is 12.7 Å². The van der Waals surface area contributed by atoms with Crippen LogP contribution in [0.25, 0.3) is 21.7 Å². The van der Waals surface area contributed by atoms with Gasteiger partial charge in [0.15, 0.2) is 0 Å². The van der Waals surface area contributed by atoms with Crippen molar-refractivity contribution in [1.29, 1.82) is 0 Å². The lowest BCUT2D eigenvalue weighted by Gasteiger charge is -2.12. The topological polar surface area (TPSA) is 42.2 Å². The summed E-state index contributed by atoms with van der Waals surface area (Å²) in [5.41, 5.74) is 3.54. The summed E-state index contributed by atoms with van der Waals surface area (Å²) in [6, 6.07) is 18.9. The molecule has 4 heteroatoms. The van der Waals surface area contributed by atoms with Gasteiger partial charge >= 0.3 is 5.97 Å². The van der Waals surface area contributed by atoms with Crippen molar-refractivity contribution in [3.05, 3.63) is 83.3 Å². The standard InChI is InChI=1S/C22H18FNO2/c1-14-19(12-22(25)26)20-11-17(23)9-10-21(20)24(14)13-16-7-4-6-15-5-2-3-8-18(15)16/h2-11H,12-13H2,1H3,(H,25,26). The highest BCUT2D eigenvalue weighted by Gasteiger charge is 2.17. The predicted molar refractivity (Wildman–Crippen MR) is 101 cm³/mol. The van der Waals surface area contributed by atoms with Gasteiger partial charge in [-0.15, -0.1) is 0 Å². The van der Waals surface area contributed by atoms with Gasteiger partial charge in [-0.05, 0) is 47.0 Å². The van der Waals surface area contributed by atoms with Crippen LogP contribution in [0.5, 0.6) is 0 Å². The Bertz CT molecular complexity index is 1140. The van der Waals surface area contributed by atoms with Crippen LogP contribution in [0.3, 0.4) is 0 Å². The first-order valence-corrected chi connectivity index (χ1v) is 8.50. The van der Waals surface area contributed by atoms with Crippen LogP contribution < -0.4 is 0 Å². The number of carboxylic acid groups (broad SMARTS) is 1. The van der Waals surface area contributed by atoms with Crippen molar-refractivity contribution >= 4 is 27.6 Å². The van der Waals surface area contributed by atoms with Gasteiger partial charge in [0.25, 0.3) is 0 Å². The predicted octanol–water partition coefficient (Wildman–Crippen LogP) is 4.92. The van der Waals surface area contributed by atoms with Crippen LogP contribution in [-0.2, 0) is 17.8 Å². The maximum Gasteiger partial charge on any atom is 0.307 e. The van der Waals surface area contributed by atoms with Crippen molar-refractivity contribution in [3.8, 4) is 0 Å². The summed E-state index contributed by atoms with van der Waals surface area (Å²) < 4.78 is 15.9. The van der Waals surface area contributed by atoms with Gasteiger partial charge in [0.1, 0.15) is 5.82 Å². The van der Waals surface area contributed by atoms with Gasteiger partial charge in [0.05, 0.1) is 6.42 Å². The van der Waals surface area contributed by atoms with Gasteiger partial charge in [-0.3, -0.25) is 4.79 Å². The number of hydrogen-bond donors (Lipinski definition) is 1. The highest BCUT2D eigenvalue weighted by Crippen LogP contribution is 2.29. The van der Waals surface area contributed by atoms with Gasteiger partial charge < -0.3 is 9.67 Å². The third kappa shape index (κ3) is 2.73. The molecule has 4 rings (SSSR count). The summed E-state index contributed by atoms with van der Waals surface area (Å²) >= 11 is 0. The molecule has 130 valence electrons. The van der Waals surface area contributed by atoms with E-state index in [1.54, 1.807) is 6.07 Å². The third-order valence-corrected chi connectivity index (χ3v) is 4.95. The second kappa shape index (κ2) is 6.30. The molecule has 0 amide bonds. The third-order valence-electron chi connectivity index (χ3n) is 4.95. The van der Waals surface area contributed by atoms with E-state index in [1.165, 1.54) is 12.1 Å². The zero-order valence-electron chi connectivity index (χ0n) is 14.4. The monoisotopic (exact) mass is 347 g/mol. The molecule has 1 N–H and O–H groups in total. The number of hydrogen-bond acceptors (Lipinski definition) is 1. The molecule has 0 aliphatic carbocycles. The Labute approximate surface area is 150 Å². The van der Waals surface area contributed by atoms with Crippen LogP contribution >= 0.6 is 0 Å². The Morgan fingerprint density at radius 1 is 1.04 bits per heavy atom. The lowest BCUT2D eigenvalue weighted by Crippen LogP contribution is -2.05. The Morgan fingerprint density at radius 2 is 1.81 bits per heavy atom. The lowest BCUT2D eigenvalue weighted by molar-refractivity contribution is -0.136. The summed E-state index contributed by atoms with van der Waals surface area (Å²) in [7, 11) is 0. The molecule has 1 heterocycles. The highest BCUT2D eigenvalue weighted by atomic mass is 19.1. The fraction of sp³-hybridized carbons (Fsp3) is 0.136. The van der Waals surface area contributed by atoms with E-state index in [9.17, 15) is 14.3 Å². The number of fused-ring (bicyclic) bond motifs is 2. The Morgan fingerprint density at radius 3 is 2.62 bits per heavy atom. The molecule has 3 aromatic carbocycles. The van der Waals surface area contributed by atoms with Crippen molar-refractivity contribution in [2.45, 2.75) is 19.9 Å². The van der Waals surface area contributed by atoms with E-state index in [0.29, 0.717) is 17.5 Å². The number of aromatic nitrogens is 1. The summed E-state index contributed by atoms with van der Waals surface area (Å²) in [4.78, 5) is 11.3. The fourth-order valence-electron chi connectivity index (χ4n) is 3.70. The fourth-order valence-corrected chi connectivity index (χ4v) is 3.70. The van der Waals surface area contributed by atoms with E-state index in [1.807, 2.05) is 25.1 Å². The molecule has 4 aromatic rings. The van der Waals surface area contributed by atoms with E-state index in [2.05, 4.69) is 28.8 Å². The summed E-state index contributed by atoms with van der Waals surface area (Å²) in [6.07, 6.45) is -0.117. The van der Waals surface area contributed by atoms with Crippen molar-refractivity contribution < 1.29 is 14.3 Å². The van der Waals surface area contributed by atoms with Crippen LogP contribution in [0.15, 0.2) is 60.7 Å². The van der Waals surface area contributed by atoms with Gasteiger partial charge in [-0.2, -0.15) is 0 Å². The number of rotatable bonds is 4. The Kier molecular flexibility index (Phi) is 3.96. The van der Waals surface area contributed by atoms with Crippen LogP contribution in [0.2, 0.25) is 0 Å². The van der Waals surface area contributed by atoms with Gasteiger partial charge in [0, 0.05) is 23.1 Å². The van der Waals surface area contributed by atoms with Crippen LogP contribution in [-0.4, -0.2) is 15.6 Å². The molecule has 0 radical (unpaired) electrons. The number of carbonyl (C=O) groups is 1. The summed E-state index contributed by atoms with van der Waals surface area (Å²) in [5.74, 6) is -1.27. The summed E-state index contributed by atoms with van der Waals surface area (Å²) in [5, 5.41) is 12.3. The zero-order chi connectivity index (χ0) is 18.3. The van der Waals surface area contributed by atoms with Crippen molar-refractivity contribution in [2.75, 3.05) is 0 Å². The number of benzene rings is 3. The van der Waals surface area contributed by atoms with Gasteiger partial charge in [-0.25, -0.2) is 4.39 Å². The molecule has 0 aliphatic heterocycles. The van der Waals surface area contributed by atoms with Crippen molar-refractivity contribution in [1.82, 2.24) is 4.57 Å². The number of halogens is 1. The second-order valence-corrected chi connectivity index (χ2v) is 6.52. The molecule has 0 bridgehead atoms. The van der Waals surface area contributed by atoms with Crippen LogP contribution in [0.4, 0.5) is 4.39 Å². The first-order valence-electron chi connectivity index (χ1n) is 8.50. The smallest absolute Gasteiger partial charge is 0.307 e. The minimum Gasteiger partial charge on any atom is -0.481 e. The molecule has 3 nitrogen and oxygen atoms in total. The molecule has 0 unspecified atom stereocenters. The average molecular weight is 347 g/mol. The molecule has 0 atom stereocenters. The molecule has 0 fully saturated rings. The van der Waals surface area contributed by atoms with Crippen molar-refractivity contribution in [3.63, 3.8) is 0 Å². The first kappa shape index (κ1) is 16.3. The second-order valence-electron chi connectivity index (χ2n) is 6.52. The average Bonchev–Trinajstić information content (AvgIpc) is 2.87. The highest BCUT2D eigenvalue weighted by molar-refractivity contribution is 5.90. The van der Waals surface area contributed by atoms with E-state index in [0.717, 1.165) is 27.5 Å². The molecule has 1 aromatic heterocycles. The molecule has 0 aliphatic rings. The Balaban J connectivity index is 1.91. The lowest BCUT2D eigenvalue weighted by atomic mass is 10.0. The molecular formula is C22H18FNO2. The molecule has 26 heavy (non-hydrogen) atoms. The maximum atomic E-state index is 13.8. The molecule has 0 spiro atoms. The van der Waals surface area contributed by atoms with Crippen LogP contribution in [0.1, 0.15) is 16.8 Å². The SMILES string of the molecule is Cc1c(CC(=O)O)c2cc(F)ccc2n1Cc1cccc2ccccc12. The quantitative estimate of drug-likeness (QED) is 0.569. The largest absolute Gasteiger partial charge is 0.481 e. The van der Waals surface area contributed by atoms with Gasteiger partial charge in [0.2, 0.25) is 0 Å². The number of carboxylic acids is 1. The first-order chi connectivity index (χ1) is 12.5. The van der Waals surface area contributed by atoms with Gasteiger partial charge in [-0.1, -0.05) is 42.5 Å². The molecular weight excluding hydrogens is 329 g/mol. The number of aliphatic carboxylic acids is 1. The van der Waals surface area contributed by atoms with Crippen molar-refractivity contribution in [2.24, 2.45) is 0 Å². The Hall–Kier alpha value is -3.14. The zero-order valence-corrected chi connectivity index (χ0v) is 14.4. The van der Waals surface area contributed by atoms with E-state index in [-0.39, 0.29) is 12.2 Å². The normalized spacial score (nSPS) is 11.3.